The molecule has 0 atom stereocenters. The molecule has 1 saturated carbocycles. The molecule has 0 aliphatic heterocycles. The first-order valence-electron chi connectivity index (χ1n) is 6.87. The van der Waals surface area contributed by atoms with Crippen molar-refractivity contribution in [2.24, 2.45) is 0 Å². The number of urea groups is 1. The number of carbonyl (C=O) groups excluding carboxylic acids is 1. The van der Waals surface area contributed by atoms with Gasteiger partial charge in [-0.25, -0.2) is 9.59 Å². The first kappa shape index (κ1) is 14.4. The maximum absolute atomic E-state index is 12.2. The molecule has 2 N–H and O–H groups in total. The average molecular weight is 276 g/mol. The molecule has 108 valence electrons. The topological polar surface area (TPSA) is 69.6 Å². The predicted molar refractivity (Wildman–Crippen MR) is 77.2 cm³/mol. The highest BCUT2D eigenvalue weighted by Gasteiger charge is 2.23. The number of amides is 2. The first-order chi connectivity index (χ1) is 9.49. The Balaban J connectivity index is 2.05. The molecule has 5 nitrogen and oxygen atoms in total. The lowest BCUT2D eigenvalue weighted by molar-refractivity contribution is 0.0697. The van der Waals surface area contributed by atoms with Gasteiger partial charge in [0.25, 0.3) is 0 Å². The van der Waals surface area contributed by atoms with Crippen molar-refractivity contribution in [1.82, 2.24) is 4.90 Å². The number of benzene rings is 1. The molecule has 0 heterocycles. The van der Waals surface area contributed by atoms with Gasteiger partial charge in [0.1, 0.15) is 0 Å². The molecule has 0 saturated heterocycles. The number of carbonyl (C=O) groups is 2. The summed E-state index contributed by atoms with van der Waals surface area (Å²) in [6.45, 7) is 1.79. The van der Waals surface area contributed by atoms with Crippen LogP contribution in [-0.4, -0.2) is 35.1 Å². The molecule has 1 aromatic carbocycles. The van der Waals surface area contributed by atoms with Gasteiger partial charge in [0.15, 0.2) is 0 Å². The normalized spacial score (nSPS) is 15.1. The number of aromatic carboxylic acids is 1. The van der Waals surface area contributed by atoms with Crippen LogP contribution in [-0.2, 0) is 0 Å². The highest BCUT2D eigenvalue weighted by Crippen LogP contribution is 2.23. The third kappa shape index (κ3) is 3.10. The summed E-state index contributed by atoms with van der Waals surface area (Å²) in [5, 5.41) is 11.8. The van der Waals surface area contributed by atoms with E-state index in [1.165, 1.54) is 18.9 Å². The van der Waals surface area contributed by atoms with Crippen LogP contribution in [0.2, 0.25) is 0 Å². The zero-order valence-electron chi connectivity index (χ0n) is 11.8. The molecule has 1 aliphatic rings. The minimum atomic E-state index is -0.964. The molecule has 0 unspecified atom stereocenters. The molecule has 1 aromatic rings. The van der Waals surface area contributed by atoms with E-state index in [1.807, 2.05) is 7.05 Å². The van der Waals surface area contributed by atoms with E-state index in [-0.39, 0.29) is 11.6 Å². The number of nitrogens with zero attached hydrogens (tertiary/aromatic N) is 1. The molecule has 1 aliphatic carbocycles. The van der Waals surface area contributed by atoms with E-state index in [9.17, 15) is 9.59 Å². The van der Waals surface area contributed by atoms with Crippen molar-refractivity contribution in [3.63, 3.8) is 0 Å². The van der Waals surface area contributed by atoms with E-state index in [0.29, 0.717) is 11.7 Å². The molecule has 0 aromatic heterocycles. The molecule has 0 radical (unpaired) electrons. The molecule has 2 amide bonds. The number of aryl methyl sites for hydroxylation is 1. The Morgan fingerprint density at radius 3 is 2.50 bits per heavy atom. The molecule has 5 heteroatoms. The fraction of sp³-hybridized carbons (Fsp3) is 0.467. The van der Waals surface area contributed by atoms with E-state index in [4.69, 9.17) is 5.11 Å². The Labute approximate surface area is 118 Å². The minimum Gasteiger partial charge on any atom is -0.478 e. The second-order valence-electron chi connectivity index (χ2n) is 5.31. The molecular formula is C15H20N2O3. The Kier molecular flexibility index (Phi) is 4.27. The monoisotopic (exact) mass is 276 g/mol. The Morgan fingerprint density at radius 2 is 1.95 bits per heavy atom. The largest absolute Gasteiger partial charge is 0.478 e. The van der Waals surface area contributed by atoms with Crippen LogP contribution in [0.25, 0.3) is 0 Å². The van der Waals surface area contributed by atoms with Gasteiger partial charge in [-0.3, -0.25) is 0 Å². The second-order valence-corrected chi connectivity index (χ2v) is 5.31. The van der Waals surface area contributed by atoms with Crippen molar-refractivity contribution < 1.29 is 14.7 Å². The van der Waals surface area contributed by atoms with Crippen molar-refractivity contribution in [3.8, 4) is 0 Å². The van der Waals surface area contributed by atoms with Crippen molar-refractivity contribution in [2.75, 3.05) is 12.4 Å². The lowest BCUT2D eigenvalue weighted by atomic mass is 10.1. The minimum absolute atomic E-state index is 0.136. The molecule has 2 rings (SSSR count). The van der Waals surface area contributed by atoms with Crippen LogP contribution in [0.4, 0.5) is 10.5 Å². The van der Waals surface area contributed by atoms with E-state index in [1.54, 1.807) is 24.0 Å². The summed E-state index contributed by atoms with van der Waals surface area (Å²) in [5.41, 5.74) is 1.63. The van der Waals surface area contributed by atoms with Crippen LogP contribution in [0.1, 0.15) is 41.6 Å². The number of anilines is 1. The Hall–Kier alpha value is -2.04. The SMILES string of the molecule is Cc1cc(C(=O)O)ccc1NC(=O)N(C)C1CCCC1. The van der Waals surface area contributed by atoms with Crippen LogP contribution in [0, 0.1) is 6.92 Å². The van der Waals surface area contributed by atoms with Gasteiger partial charge in [0, 0.05) is 18.8 Å². The highest BCUT2D eigenvalue weighted by atomic mass is 16.4. The van der Waals surface area contributed by atoms with Crippen LogP contribution in [0.15, 0.2) is 18.2 Å². The molecule has 0 bridgehead atoms. The van der Waals surface area contributed by atoms with Crippen LogP contribution >= 0.6 is 0 Å². The van der Waals surface area contributed by atoms with Gasteiger partial charge < -0.3 is 15.3 Å². The van der Waals surface area contributed by atoms with E-state index >= 15 is 0 Å². The third-order valence-corrected chi connectivity index (χ3v) is 3.91. The van der Waals surface area contributed by atoms with E-state index in [0.717, 1.165) is 18.4 Å². The number of carboxylic acid groups (broad SMARTS) is 1. The average Bonchev–Trinajstić information content (AvgIpc) is 2.93. The summed E-state index contributed by atoms with van der Waals surface area (Å²) in [4.78, 5) is 24.8. The van der Waals surface area contributed by atoms with Gasteiger partial charge in [-0.2, -0.15) is 0 Å². The van der Waals surface area contributed by atoms with Gasteiger partial charge in [0.05, 0.1) is 5.56 Å². The molecule has 20 heavy (non-hydrogen) atoms. The Morgan fingerprint density at radius 1 is 1.30 bits per heavy atom. The maximum atomic E-state index is 12.2. The summed E-state index contributed by atoms with van der Waals surface area (Å²) < 4.78 is 0. The van der Waals surface area contributed by atoms with Gasteiger partial charge >= 0.3 is 12.0 Å². The zero-order valence-corrected chi connectivity index (χ0v) is 11.8. The maximum Gasteiger partial charge on any atom is 0.335 e. The van der Waals surface area contributed by atoms with Gasteiger partial charge in [-0.05, 0) is 43.5 Å². The van der Waals surface area contributed by atoms with Gasteiger partial charge in [-0.15, -0.1) is 0 Å². The van der Waals surface area contributed by atoms with E-state index < -0.39 is 5.97 Å². The van der Waals surface area contributed by atoms with E-state index in [2.05, 4.69) is 5.32 Å². The second kappa shape index (κ2) is 5.94. The van der Waals surface area contributed by atoms with Gasteiger partial charge in [-0.1, -0.05) is 12.8 Å². The fourth-order valence-electron chi connectivity index (χ4n) is 2.60. The molecule has 1 fully saturated rings. The number of nitrogens with one attached hydrogen (secondary N) is 1. The molecule has 0 spiro atoms. The van der Waals surface area contributed by atoms with Crippen molar-refractivity contribution in [3.05, 3.63) is 29.3 Å². The Bertz CT molecular complexity index is 522. The fourth-order valence-corrected chi connectivity index (χ4v) is 2.60. The van der Waals surface area contributed by atoms with Crippen molar-refractivity contribution in [1.29, 1.82) is 0 Å². The summed E-state index contributed by atoms with van der Waals surface area (Å²) in [7, 11) is 1.81. The summed E-state index contributed by atoms with van der Waals surface area (Å²) in [5.74, 6) is -0.964. The lowest BCUT2D eigenvalue weighted by Gasteiger charge is -2.25. The number of carboxylic acids is 1. The van der Waals surface area contributed by atoms with Crippen molar-refractivity contribution >= 4 is 17.7 Å². The number of rotatable bonds is 3. The summed E-state index contributed by atoms with van der Waals surface area (Å²) in [6, 6.07) is 4.88. The smallest absolute Gasteiger partial charge is 0.335 e. The summed E-state index contributed by atoms with van der Waals surface area (Å²) >= 11 is 0. The zero-order chi connectivity index (χ0) is 14.7. The first-order valence-corrected chi connectivity index (χ1v) is 6.87. The van der Waals surface area contributed by atoms with Crippen LogP contribution < -0.4 is 5.32 Å². The summed E-state index contributed by atoms with van der Waals surface area (Å²) in [6.07, 6.45) is 4.46. The number of hydrogen-bond donors (Lipinski definition) is 2. The van der Waals surface area contributed by atoms with Crippen LogP contribution in [0.5, 0.6) is 0 Å². The lowest BCUT2D eigenvalue weighted by Crippen LogP contribution is -2.38. The van der Waals surface area contributed by atoms with Crippen LogP contribution in [0.3, 0.4) is 0 Å². The number of hydrogen-bond acceptors (Lipinski definition) is 2. The highest BCUT2D eigenvalue weighted by molar-refractivity contribution is 5.92. The third-order valence-electron chi connectivity index (χ3n) is 3.91. The predicted octanol–water partition coefficient (Wildman–Crippen LogP) is 3.10. The standard InChI is InChI=1S/C15H20N2O3/c1-10-9-11(14(18)19)7-8-13(10)16-15(20)17(2)12-5-3-4-6-12/h7-9,12H,3-6H2,1-2H3,(H,16,20)(H,18,19). The van der Waals surface area contributed by atoms with Gasteiger partial charge in [0.2, 0.25) is 0 Å². The quantitative estimate of drug-likeness (QED) is 0.891. The van der Waals surface area contributed by atoms with Crippen molar-refractivity contribution in [2.45, 2.75) is 38.6 Å². The molecular weight excluding hydrogens is 256 g/mol.